The maximum atomic E-state index is 12.3. The van der Waals surface area contributed by atoms with Gasteiger partial charge in [-0.1, -0.05) is 0 Å². The fourth-order valence-electron chi connectivity index (χ4n) is 4.70. The number of aryl methyl sites for hydroxylation is 1. The molecule has 180 valence electrons. The topological polar surface area (TPSA) is 113 Å². The van der Waals surface area contributed by atoms with Crippen molar-refractivity contribution in [3.63, 3.8) is 0 Å². The number of fused-ring (bicyclic) bond motifs is 1. The third-order valence-electron chi connectivity index (χ3n) is 6.52. The summed E-state index contributed by atoms with van der Waals surface area (Å²) >= 11 is 0. The molecule has 0 bridgehead atoms. The van der Waals surface area contributed by atoms with Crippen molar-refractivity contribution in [1.82, 2.24) is 15.3 Å². The van der Waals surface area contributed by atoms with Crippen LogP contribution in [0.3, 0.4) is 0 Å². The summed E-state index contributed by atoms with van der Waals surface area (Å²) < 4.78 is 0. The predicted molar refractivity (Wildman–Crippen MR) is 133 cm³/mol. The molecular formula is C25H32N6O3. The third-order valence-corrected chi connectivity index (χ3v) is 6.52. The molecular weight excluding hydrogens is 432 g/mol. The van der Waals surface area contributed by atoms with E-state index in [9.17, 15) is 14.9 Å². The van der Waals surface area contributed by atoms with Crippen LogP contribution in [0.1, 0.15) is 55.3 Å². The number of hydrogen-bond acceptors (Lipinski definition) is 7. The van der Waals surface area contributed by atoms with Crippen molar-refractivity contribution in [3.05, 3.63) is 57.3 Å². The zero-order chi connectivity index (χ0) is 24.1. The van der Waals surface area contributed by atoms with Gasteiger partial charge in [-0.25, -0.2) is 4.98 Å². The molecule has 0 aliphatic heterocycles. The molecule has 1 aromatic carbocycles. The number of rotatable bonds is 7. The lowest BCUT2D eigenvalue weighted by Crippen LogP contribution is -2.39. The summed E-state index contributed by atoms with van der Waals surface area (Å²) in [6.45, 7) is 0. The molecule has 0 radical (unpaired) electrons. The summed E-state index contributed by atoms with van der Waals surface area (Å²) in [7, 11) is 4.07. The van der Waals surface area contributed by atoms with Gasteiger partial charge in [-0.15, -0.1) is 0 Å². The summed E-state index contributed by atoms with van der Waals surface area (Å²) in [5, 5.41) is 17.3. The quantitative estimate of drug-likeness (QED) is 0.363. The molecule has 9 nitrogen and oxygen atoms in total. The van der Waals surface area contributed by atoms with Crippen molar-refractivity contribution >= 4 is 29.4 Å². The molecule has 0 saturated heterocycles. The molecule has 1 aromatic heterocycles. The molecule has 0 unspecified atom stereocenters. The summed E-state index contributed by atoms with van der Waals surface area (Å²) in [6, 6.07) is 6.54. The second-order valence-corrected chi connectivity index (χ2v) is 9.28. The Morgan fingerprint density at radius 1 is 1.06 bits per heavy atom. The second kappa shape index (κ2) is 10.6. The highest BCUT2D eigenvalue weighted by Gasteiger charge is 2.24. The van der Waals surface area contributed by atoms with Crippen molar-refractivity contribution in [2.75, 3.05) is 24.3 Å². The number of hydrogen-bond donors (Lipinski definition) is 2. The zero-order valence-electron chi connectivity index (χ0n) is 19.8. The number of non-ortho nitro benzene ring substituents is 1. The number of carbonyl (C=O) groups is 1. The average Bonchev–Trinajstić information content (AvgIpc) is 2.83. The SMILES string of the molecule is CN(C)c1nc(N[C@H]2CC[C@@H](NC(=O)C=Cc3ccc([N+](=O)[O-])cc3)CC2)nc2c1CCCC2. The summed E-state index contributed by atoms with van der Waals surface area (Å²) in [5.74, 6) is 1.58. The maximum Gasteiger partial charge on any atom is 0.269 e. The van der Waals surface area contributed by atoms with Gasteiger partial charge in [0.15, 0.2) is 0 Å². The Labute approximate surface area is 199 Å². The number of nitrogens with zero attached hydrogens (tertiary/aromatic N) is 4. The van der Waals surface area contributed by atoms with Crippen molar-refractivity contribution < 1.29 is 9.72 Å². The van der Waals surface area contributed by atoms with Crippen molar-refractivity contribution in [2.45, 2.75) is 63.5 Å². The third kappa shape index (κ3) is 5.89. The van der Waals surface area contributed by atoms with Crippen LogP contribution >= 0.6 is 0 Å². The van der Waals surface area contributed by atoms with E-state index in [4.69, 9.17) is 9.97 Å². The molecule has 34 heavy (non-hydrogen) atoms. The number of carbonyl (C=O) groups excluding carboxylic acids is 1. The lowest BCUT2D eigenvalue weighted by Gasteiger charge is -2.30. The molecule has 1 amide bonds. The Kier molecular flexibility index (Phi) is 7.40. The van der Waals surface area contributed by atoms with E-state index in [1.54, 1.807) is 18.2 Å². The lowest BCUT2D eigenvalue weighted by atomic mass is 9.91. The van der Waals surface area contributed by atoms with E-state index in [-0.39, 0.29) is 17.6 Å². The Morgan fingerprint density at radius 2 is 1.74 bits per heavy atom. The van der Waals surface area contributed by atoms with Gasteiger partial charge in [0.25, 0.3) is 5.69 Å². The number of benzene rings is 1. The monoisotopic (exact) mass is 464 g/mol. The van der Waals surface area contributed by atoms with Gasteiger partial charge in [-0.2, -0.15) is 4.98 Å². The van der Waals surface area contributed by atoms with Crippen molar-refractivity contribution in [2.24, 2.45) is 0 Å². The molecule has 2 aliphatic rings. The van der Waals surface area contributed by atoms with Gasteiger partial charge in [-0.05, 0) is 75.1 Å². The van der Waals surface area contributed by atoms with Crippen LogP contribution in [-0.4, -0.2) is 47.0 Å². The highest BCUT2D eigenvalue weighted by atomic mass is 16.6. The Bertz CT molecular complexity index is 1060. The van der Waals surface area contributed by atoms with Gasteiger partial charge in [0.2, 0.25) is 11.9 Å². The summed E-state index contributed by atoms with van der Waals surface area (Å²) in [5.41, 5.74) is 3.24. The number of amides is 1. The molecule has 1 fully saturated rings. The van der Waals surface area contributed by atoms with Crippen molar-refractivity contribution in [1.29, 1.82) is 0 Å². The van der Waals surface area contributed by atoms with Crippen LogP contribution in [0.2, 0.25) is 0 Å². The Hall–Kier alpha value is -3.49. The Balaban J connectivity index is 1.28. The summed E-state index contributed by atoms with van der Waals surface area (Å²) in [4.78, 5) is 34.3. The summed E-state index contributed by atoms with van der Waals surface area (Å²) in [6.07, 6.45) is 11.2. The first-order valence-electron chi connectivity index (χ1n) is 12.0. The lowest BCUT2D eigenvalue weighted by molar-refractivity contribution is -0.384. The molecule has 9 heteroatoms. The fourth-order valence-corrected chi connectivity index (χ4v) is 4.70. The standard InChI is InChI=1S/C25H32N6O3/c1-30(2)24-21-5-3-4-6-22(21)28-25(29-24)27-19-12-10-18(11-13-19)26-23(32)16-9-17-7-14-20(15-8-17)31(33)34/h7-9,14-16,18-19H,3-6,10-13H2,1-2H3,(H,26,32)(H,27,28,29)/t18-,19+. The number of anilines is 2. The zero-order valence-corrected chi connectivity index (χ0v) is 19.8. The number of nitro benzene ring substituents is 1. The first kappa shape index (κ1) is 23.7. The highest BCUT2D eigenvalue weighted by molar-refractivity contribution is 5.91. The number of aromatic nitrogens is 2. The van der Waals surface area contributed by atoms with Gasteiger partial charge < -0.3 is 15.5 Å². The van der Waals surface area contributed by atoms with Crippen molar-refractivity contribution in [3.8, 4) is 0 Å². The number of nitro groups is 1. The number of nitrogens with one attached hydrogen (secondary N) is 2. The van der Waals surface area contributed by atoms with E-state index in [0.717, 1.165) is 49.9 Å². The van der Waals surface area contributed by atoms with Crippen LogP contribution in [-0.2, 0) is 17.6 Å². The second-order valence-electron chi connectivity index (χ2n) is 9.28. The van der Waals surface area contributed by atoms with Crippen LogP contribution in [0.25, 0.3) is 6.08 Å². The van der Waals surface area contributed by atoms with Crippen LogP contribution in [0.5, 0.6) is 0 Å². The maximum absolute atomic E-state index is 12.3. The molecule has 4 rings (SSSR count). The molecule has 2 aromatic rings. The first-order chi connectivity index (χ1) is 16.4. The normalized spacial score (nSPS) is 19.9. The predicted octanol–water partition coefficient (Wildman–Crippen LogP) is 3.88. The van der Waals surface area contributed by atoms with Gasteiger partial charge in [0, 0.05) is 50.0 Å². The Morgan fingerprint density at radius 3 is 2.41 bits per heavy atom. The van der Waals surface area contributed by atoms with Gasteiger partial charge in [-0.3, -0.25) is 14.9 Å². The van der Waals surface area contributed by atoms with E-state index in [0.29, 0.717) is 12.0 Å². The smallest absolute Gasteiger partial charge is 0.269 e. The average molecular weight is 465 g/mol. The minimum Gasteiger partial charge on any atom is -0.362 e. The van der Waals surface area contributed by atoms with Gasteiger partial charge >= 0.3 is 0 Å². The van der Waals surface area contributed by atoms with E-state index in [2.05, 4.69) is 15.5 Å². The van der Waals surface area contributed by atoms with E-state index in [1.807, 2.05) is 14.1 Å². The molecule has 0 atom stereocenters. The van der Waals surface area contributed by atoms with Gasteiger partial charge in [0.1, 0.15) is 5.82 Å². The van der Waals surface area contributed by atoms with Crippen LogP contribution < -0.4 is 15.5 Å². The minimum atomic E-state index is -0.440. The molecule has 2 N–H and O–H groups in total. The van der Waals surface area contributed by atoms with E-state index < -0.39 is 4.92 Å². The van der Waals surface area contributed by atoms with Crippen LogP contribution in [0, 0.1) is 10.1 Å². The van der Waals surface area contributed by atoms with E-state index >= 15 is 0 Å². The van der Waals surface area contributed by atoms with Crippen LogP contribution in [0.15, 0.2) is 30.3 Å². The molecule has 1 saturated carbocycles. The first-order valence-corrected chi connectivity index (χ1v) is 12.0. The highest BCUT2D eigenvalue weighted by Crippen LogP contribution is 2.29. The fraction of sp³-hybridized carbons (Fsp3) is 0.480. The molecule has 1 heterocycles. The molecule has 0 spiro atoms. The minimum absolute atomic E-state index is 0.0331. The van der Waals surface area contributed by atoms with Gasteiger partial charge in [0.05, 0.1) is 10.6 Å². The largest absolute Gasteiger partial charge is 0.362 e. The molecule has 2 aliphatic carbocycles. The van der Waals surface area contributed by atoms with Crippen LogP contribution in [0.4, 0.5) is 17.5 Å². The van der Waals surface area contributed by atoms with E-state index in [1.165, 1.54) is 42.3 Å².